The molecule has 0 fully saturated rings. The Bertz CT molecular complexity index is 412. The maximum Gasteiger partial charge on any atom is 0.245 e. The highest BCUT2D eigenvalue weighted by Gasteiger charge is 2.19. The first kappa shape index (κ1) is 12.0. The molecule has 94 valence electrons. The monoisotopic (exact) mass is 237 g/mol. The summed E-state index contributed by atoms with van der Waals surface area (Å²) in [7, 11) is 1.68. The Hall–Kier alpha value is -1.43. The van der Waals surface area contributed by atoms with Crippen LogP contribution in [0.3, 0.4) is 0 Å². The highest BCUT2D eigenvalue weighted by Crippen LogP contribution is 2.20. The number of hydrogen-bond donors (Lipinski definition) is 0. The minimum atomic E-state index is 0.625. The van der Waals surface area contributed by atoms with E-state index in [2.05, 4.69) is 34.3 Å². The molecule has 17 heavy (non-hydrogen) atoms. The van der Waals surface area contributed by atoms with Crippen LogP contribution >= 0.6 is 0 Å². The molecule has 0 saturated heterocycles. The van der Waals surface area contributed by atoms with Crippen LogP contribution in [0.4, 0.5) is 5.95 Å². The normalized spacial score (nSPS) is 16.8. The van der Waals surface area contributed by atoms with Gasteiger partial charge in [-0.05, 0) is 30.7 Å². The van der Waals surface area contributed by atoms with E-state index in [4.69, 9.17) is 4.74 Å². The zero-order chi connectivity index (χ0) is 12.3. The Balaban J connectivity index is 2.10. The van der Waals surface area contributed by atoms with Crippen molar-refractivity contribution in [1.82, 2.24) is 20.2 Å². The van der Waals surface area contributed by atoms with Crippen LogP contribution in [0.1, 0.15) is 20.3 Å². The average Bonchev–Trinajstić information content (AvgIpc) is 2.78. The lowest BCUT2D eigenvalue weighted by molar-refractivity contribution is 0.183. The fraction of sp³-hybridized carbons (Fsp3) is 0.727. The molecule has 1 aliphatic heterocycles. The number of nitrogens with zero attached hydrogens (tertiary/aromatic N) is 5. The van der Waals surface area contributed by atoms with Crippen molar-refractivity contribution in [3.63, 3.8) is 0 Å². The molecule has 1 aromatic heterocycles. The van der Waals surface area contributed by atoms with Crippen LogP contribution in [0.25, 0.3) is 0 Å². The third-order valence-corrected chi connectivity index (χ3v) is 3.22. The molecule has 0 N–H and O–H groups in total. The molecule has 2 rings (SSSR count). The second-order valence-corrected chi connectivity index (χ2v) is 4.43. The maximum atomic E-state index is 5.05. The van der Waals surface area contributed by atoms with Gasteiger partial charge < -0.3 is 9.64 Å². The summed E-state index contributed by atoms with van der Waals surface area (Å²) in [5.41, 5.74) is 2.90. The summed E-state index contributed by atoms with van der Waals surface area (Å²) >= 11 is 0. The van der Waals surface area contributed by atoms with Crippen molar-refractivity contribution in [1.29, 1.82) is 0 Å². The van der Waals surface area contributed by atoms with Gasteiger partial charge >= 0.3 is 0 Å². The number of anilines is 1. The summed E-state index contributed by atoms with van der Waals surface area (Å²) in [6, 6.07) is 0. The zero-order valence-corrected chi connectivity index (χ0v) is 10.7. The summed E-state index contributed by atoms with van der Waals surface area (Å²) in [5.74, 6) is 0.842. The summed E-state index contributed by atoms with van der Waals surface area (Å²) < 4.78 is 6.85. The molecule has 0 bridgehead atoms. The minimum Gasteiger partial charge on any atom is -0.383 e. The van der Waals surface area contributed by atoms with Gasteiger partial charge in [0.15, 0.2) is 0 Å². The molecular formula is C11H19N5O. The summed E-state index contributed by atoms with van der Waals surface area (Å²) in [4.78, 5) is 2.22. The molecule has 0 amide bonds. The first-order valence-electron chi connectivity index (χ1n) is 5.87. The Morgan fingerprint density at radius 2 is 2.12 bits per heavy atom. The molecule has 2 heterocycles. The van der Waals surface area contributed by atoms with Gasteiger partial charge in [-0.25, -0.2) is 4.68 Å². The van der Waals surface area contributed by atoms with E-state index in [0.717, 1.165) is 25.5 Å². The van der Waals surface area contributed by atoms with Gasteiger partial charge in [-0.3, -0.25) is 0 Å². The van der Waals surface area contributed by atoms with E-state index in [1.54, 1.807) is 11.8 Å². The van der Waals surface area contributed by atoms with E-state index >= 15 is 0 Å². The molecule has 0 atom stereocenters. The van der Waals surface area contributed by atoms with Gasteiger partial charge in [0.05, 0.1) is 13.2 Å². The number of tetrazole rings is 1. The predicted octanol–water partition coefficient (Wildman–Crippen LogP) is 0.866. The Kier molecular flexibility index (Phi) is 3.73. The van der Waals surface area contributed by atoms with Crippen LogP contribution in [0.2, 0.25) is 0 Å². The molecule has 6 nitrogen and oxygen atoms in total. The van der Waals surface area contributed by atoms with Crippen molar-refractivity contribution >= 4 is 5.95 Å². The van der Waals surface area contributed by atoms with Crippen molar-refractivity contribution in [3.05, 3.63) is 11.1 Å². The van der Waals surface area contributed by atoms with Crippen molar-refractivity contribution in [3.8, 4) is 0 Å². The number of hydrogen-bond acceptors (Lipinski definition) is 5. The molecular weight excluding hydrogens is 218 g/mol. The third kappa shape index (κ3) is 2.63. The van der Waals surface area contributed by atoms with E-state index < -0.39 is 0 Å². The van der Waals surface area contributed by atoms with Crippen molar-refractivity contribution in [2.45, 2.75) is 26.8 Å². The predicted molar refractivity (Wildman–Crippen MR) is 64.9 cm³/mol. The number of aromatic nitrogens is 4. The molecule has 0 saturated carbocycles. The second-order valence-electron chi connectivity index (χ2n) is 4.43. The van der Waals surface area contributed by atoms with Gasteiger partial charge in [-0.15, -0.1) is 0 Å². The van der Waals surface area contributed by atoms with Gasteiger partial charge in [0.2, 0.25) is 5.95 Å². The quantitative estimate of drug-likeness (QED) is 0.727. The molecule has 1 aliphatic rings. The van der Waals surface area contributed by atoms with E-state index in [1.165, 1.54) is 11.1 Å². The first-order chi connectivity index (χ1) is 8.22. The Morgan fingerprint density at radius 1 is 1.29 bits per heavy atom. The standard InChI is InChI=1S/C11H19N5O/c1-9-4-5-15(8-10(9)2)11-12-13-14-16(11)6-7-17-3/h4-8H2,1-3H3. The van der Waals surface area contributed by atoms with Gasteiger partial charge in [0.1, 0.15) is 0 Å². The lowest BCUT2D eigenvalue weighted by atomic mass is 10.0. The molecule has 0 spiro atoms. The third-order valence-electron chi connectivity index (χ3n) is 3.22. The van der Waals surface area contributed by atoms with Gasteiger partial charge in [0, 0.05) is 20.2 Å². The molecule has 0 unspecified atom stereocenters. The maximum absolute atomic E-state index is 5.05. The van der Waals surface area contributed by atoms with Crippen molar-refractivity contribution in [2.75, 3.05) is 31.7 Å². The van der Waals surface area contributed by atoms with E-state index in [1.807, 2.05) is 0 Å². The van der Waals surface area contributed by atoms with Crippen LogP contribution < -0.4 is 4.90 Å². The molecule has 0 aromatic carbocycles. The highest BCUT2D eigenvalue weighted by molar-refractivity contribution is 5.35. The minimum absolute atomic E-state index is 0.625. The zero-order valence-electron chi connectivity index (χ0n) is 10.7. The molecule has 1 aromatic rings. The number of rotatable bonds is 4. The van der Waals surface area contributed by atoms with Gasteiger partial charge in [-0.1, -0.05) is 16.2 Å². The smallest absolute Gasteiger partial charge is 0.245 e. The SMILES string of the molecule is COCCn1nnnc1N1CCC(C)=C(C)C1. The Morgan fingerprint density at radius 3 is 2.82 bits per heavy atom. The summed E-state index contributed by atoms with van der Waals surface area (Å²) in [6.45, 7) is 7.58. The van der Waals surface area contributed by atoms with Gasteiger partial charge in [-0.2, -0.15) is 0 Å². The Labute approximate surface area is 101 Å². The lowest BCUT2D eigenvalue weighted by Gasteiger charge is -2.28. The fourth-order valence-corrected chi connectivity index (χ4v) is 1.94. The van der Waals surface area contributed by atoms with E-state index in [-0.39, 0.29) is 0 Å². The van der Waals surface area contributed by atoms with Crippen molar-refractivity contribution in [2.24, 2.45) is 0 Å². The van der Waals surface area contributed by atoms with Crippen LogP contribution in [0.15, 0.2) is 11.1 Å². The molecule has 0 aliphatic carbocycles. The van der Waals surface area contributed by atoms with E-state index in [0.29, 0.717) is 13.2 Å². The molecule has 6 heteroatoms. The van der Waals surface area contributed by atoms with Gasteiger partial charge in [0.25, 0.3) is 0 Å². The summed E-state index contributed by atoms with van der Waals surface area (Å²) in [6.07, 6.45) is 1.09. The highest BCUT2D eigenvalue weighted by atomic mass is 16.5. The van der Waals surface area contributed by atoms with E-state index in [9.17, 15) is 0 Å². The van der Waals surface area contributed by atoms with Crippen molar-refractivity contribution < 1.29 is 4.74 Å². The van der Waals surface area contributed by atoms with Crippen LogP contribution in [-0.4, -0.2) is 47.0 Å². The average molecular weight is 237 g/mol. The van der Waals surface area contributed by atoms with Crippen LogP contribution in [0.5, 0.6) is 0 Å². The largest absolute Gasteiger partial charge is 0.383 e. The topological polar surface area (TPSA) is 56.1 Å². The first-order valence-corrected chi connectivity index (χ1v) is 5.87. The summed E-state index contributed by atoms with van der Waals surface area (Å²) in [5, 5.41) is 11.8. The lowest BCUT2D eigenvalue weighted by Crippen LogP contribution is -2.33. The van der Waals surface area contributed by atoms with Crippen LogP contribution in [-0.2, 0) is 11.3 Å². The second kappa shape index (κ2) is 5.27. The number of ether oxygens (including phenoxy) is 1. The number of methoxy groups -OCH3 is 1. The molecule has 0 radical (unpaired) electrons. The fourth-order valence-electron chi connectivity index (χ4n) is 1.94. The van der Waals surface area contributed by atoms with Crippen LogP contribution in [0, 0.1) is 0 Å².